The van der Waals surface area contributed by atoms with Gasteiger partial charge in [-0.3, -0.25) is 4.79 Å². The molecule has 1 aliphatic rings. The van der Waals surface area contributed by atoms with Crippen molar-refractivity contribution in [3.8, 4) is 17.0 Å². The number of hydrogen-bond acceptors (Lipinski definition) is 8. The number of carbonyl (C=O) groups excluding carboxylic acids is 1. The Morgan fingerprint density at radius 1 is 1.24 bits per heavy atom. The Hall–Kier alpha value is -3.73. The number of aryl methyl sites for hydroxylation is 2. The minimum Gasteiger partial charge on any atom is -0.497 e. The summed E-state index contributed by atoms with van der Waals surface area (Å²) in [5, 5.41) is 11.8. The maximum atomic E-state index is 13.4. The molecule has 1 N–H and O–H groups in total. The van der Waals surface area contributed by atoms with Gasteiger partial charge in [0.15, 0.2) is 21.3 Å². The molecule has 10 nitrogen and oxygen atoms in total. The lowest BCUT2D eigenvalue weighted by Gasteiger charge is -2.12. The van der Waals surface area contributed by atoms with Crippen molar-refractivity contribution < 1.29 is 22.5 Å². The monoisotopic (exact) mass is 481 g/mol. The number of ether oxygens (including phenoxy) is 1. The first-order chi connectivity index (χ1) is 16.2. The summed E-state index contributed by atoms with van der Waals surface area (Å²) >= 11 is 0. The van der Waals surface area contributed by atoms with Crippen LogP contribution in [0.2, 0.25) is 0 Å². The lowest BCUT2D eigenvalue weighted by Crippen LogP contribution is -2.15. The first-order valence-electron chi connectivity index (χ1n) is 10.7. The number of amides is 1. The van der Waals surface area contributed by atoms with E-state index in [1.54, 1.807) is 37.8 Å². The molecule has 34 heavy (non-hydrogen) atoms. The number of aromatic nitrogens is 4. The first kappa shape index (κ1) is 22.1. The topological polar surface area (TPSA) is 129 Å². The Balaban J connectivity index is 1.69. The maximum Gasteiger partial charge on any atom is 0.257 e. The largest absolute Gasteiger partial charge is 0.497 e. The van der Waals surface area contributed by atoms with E-state index in [0.717, 1.165) is 5.56 Å². The van der Waals surface area contributed by atoms with Crippen LogP contribution in [-0.2, 0) is 9.84 Å². The second-order valence-corrected chi connectivity index (χ2v) is 10.6. The second-order valence-electron chi connectivity index (χ2n) is 8.35. The van der Waals surface area contributed by atoms with Crippen LogP contribution in [0.5, 0.6) is 5.75 Å². The predicted molar refractivity (Wildman–Crippen MR) is 126 cm³/mol. The molecule has 1 saturated heterocycles. The standard InChI is InChI=1S/C23H23N5O5S/c1-13-9-20(27-33-13)25-23(29)18-11-19(15-5-4-6-17(10-15)32-3)24-22-21(18)14(2)26-28(22)16-7-8-34(30,31)12-16/h4-6,9-11,16H,7-8,12H2,1-3H3,(H,25,27,29). The molecule has 0 radical (unpaired) electrons. The molecule has 5 rings (SSSR count). The number of carbonyl (C=O) groups is 1. The highest BCUT2D eigenvalue weighted by Crippen LogP contribution is 2.33. The quantitative estimate of drug-likeness (QED) is 0.460. The molecule has 1 aromatic carbocycles. The lowest BCUT2D eigenvalue weighted by molar-refractivity contribution is 0.102. The molecular formula is C23H23N5O5S. The van der Waals surface area contributed by atoms with Gasteiger partial charge in [0.25, 0.3) is 5.91 Å². The van der Waals surface area contributed by atoms with Gasteiger partial charge in [0.1, 0.15) is 11.5 Å². The zero-order valence-electron chi connectivity index (χ0n) is 18.9. The van der Waals surface area contributed by atoms with Crippen LogP contribution in [-0.4, -0.2) is 52.9 Å². The summed E-state index contributed by atoms with van der Waals surface area (Å²) in [6.45, 7) is 3.52. The summed E-state index contributed by atoms with van der Waals surface area (Å²) in [7, 11) is -1.57. The van der Waals surface area contributed by atoms with Crippen molar-refractivity contribution in [2.75, 3.05) is 23.9 Å². The molecule has 1 unspecified atom stereocenters. The van der Waals surface area contributed by atoms with Crippen LogP contribution < -0.4 is 10.1 Å². The Labute approximate surface area is 195 Å². The van der Waals surface area contributed by atoms with Crippen molar-refractivity contribution in [3.05, 3.63) is 53.4 Å². The average molecular weight is 482 g/mol. The van der Waals surface area contributed by atoms with Gasteiger partial charge in [-0.1, -0.05) is 17.3 Å². The van der Waals surface area contributed by atoms with Gasteiger partial charge in [0.05, 0.1) is 47.0 Å². The third-order valence-corrected chi connectivity index (χ3v) is 7.62. The predicted octanol–water partition coefficient (Wildman–Crippen LogP) is 3.32. The minimum atomic E-state index is -3.14. The molecule has 0 aliphatic carbocycles. The highest BCUT2D eigenvalue weighted by molar-refractivity contribution is 7.91. The summed E-state index contributed by atoms with van der Waals surface area (Å²) in [4.78, 5) is 18.2. The fourth-order valence-corrected chi connectivity index (χ4v) is 5.95. The summed E-state index contributed by atoms with van der Waals surface area (Å²) in [5.41, 5.74) is 2.69. The Kier molecular flexibility index (Phi) is 5.35. The molecule has 1 aliphatic heterocycles. The molecule has 0 saturated carbocycles. The van der Waals surface area contributed by atoms with E-state index in [1.165, 1.54) is 0 Å². The zero-order chi connectivity index (χ0) is 24.0. The van der Waals surface area contributed by atoms with Crippen LogP contribution >= 0.6 is 0 Å². The number of hydrogen-bond donors (Lipinski definition) is 1. The molecule has 3 aromatic heterocycles. The van der Waals surface area contributed by atoms with Gasteiger partial charge in [-0.15, -0.1) is 0 Å². The summed E-state index contributed by atoms with van der Waals surface area (Å²) in [6.07, 6.45) is 0.448. The number of benzene rings is 1. The fraction of sp³-hybridized carbons (Fsp3) is 0.304. The SMILES string of the molecule is COc1cccc(-c2cc(C(=O)Nc3cc(C)on3)c3c(C)nn(C4CCS(=O)(=O)C4)c3n2)c1. The molecule has 11 heteroatoms. The van der Waals surface area contributed by atoms with E-state index in [1.807, 2.05) is 24.3 Å². The van der Waals surface area contributed by atoms with Gasteiger partial charge < -0.3 is 14.6 Å². The van der Waals surface area contributed by atoms with Crippen molar-refractivity contribution in [1.82, 2.24) is 19.9 Å². The Bertz CT molecular complexity index is 1520. The minimum absolute atomic E-state index is 0.00592. The van der Waals surface area contributed by atoms with E-state index in [9.17, 15) is 13.2 Å². The van der Waals surface area contributed by atoms with Crippen LogP contribution in [0.4, 0.5) is 5.82 Å². The second kappa shape index (κ2) is 8.24. The van der Waals surface area contributed by atoms with Gasteiger partial charge in [0, 0.05) is 11.6 Å². The normalized spacial score (nSPS) is 17.2. The fourth-order valence-electron chi connectivity index (χ4n) is 4.25. The molecule has 4 aromatic rings. The number of sulfone groups is 1. The number of nitrogens with one attached hydrogen (secondary N) is 1. The smallest absolute Gasteiger partial charge is 0.257 e. The van der Waals surface area contributed by atoms with Gasteiger partial charge >= 0.3 is 0 Å². The molecule has 1 atom stereocenters. The van der Waals surface area contributed by atoms with E-state index >= 15 is 0 Å². The van der Waals surface area contributed by atoms with Crippen LogP contribution in [0.3, 0.4) is 0 Å². The Morgan fingerprint density at radius 3 is 2.74 bits per heavy atom. The first-order valence-corrected chi connectivity index (χ1v) is 12.6. The molecule has 176 valence electrons. The van der Waals surface area contributed by atoms with Crippen molar-refractivity contribution in [2.24, 2.45) is 0 Å². The van der Waals surface area contributed by atoms with E-state index in [4.69, 9.17) is 14.2 Å². The van der Waals surface area contributed by atoms with Crippen molar-refractivity contribution in [1.29, 1.82) is 0 Å². The maximum absolute atomic E-state index is 13.4. The third-order valence-electron chi connectivity index (χ3n) is 5.87. The number of anilines is 1. The van der Waals surface area contributed by atoms with Crippen LogP contribution in [0.25, 0.3) is 22.3 Å². The van der Waals surface area contributed by atoms with Gasteiger partial charge in [0.2, 0.25) is 0 Å². The van der Waals surface area contributed by atoms with Crippen LogP contribution in [0, 0.1) is 13.8 Å². The molecule has 0 bridgehead atoms. The highest BCUT2D eigenvalue weighted by Gasteiger charge is 2.32. The van der Waals surface area contributed by atoms with E-state index < -0.39 is 15.7 Å². The molecule has 1 amide bonds. The molecule has 4 heterocycles. The Morgan fingerprint density at radius 2 is 2.06 bits per heavy atom. The van der Waals surface area contributed by atoms with Gasteiger partial charge in [-0.2, -0.15) is 5.10 Å². The highest BCUT2D eigenvalue weighted by atomic mass is 32.2. The lowest BCUT2D eigenvalue weighted by atomic mass is 10.0. The third kappa shape index (κ3) is 4.03. The number of rotatable bonds is 5. The van der Waals surface area contributed by atoms with Crippen molar-refractivity contribution in [2.45, 2.75) is 26.3 Å². The molecule has 1 fully saturated rings. The number of pyridine rings is 1. The summed E-state index contributed by atoms with van der Waals surface area (Å²) < 4.78 is 36.3. The molecule has 0 spiro atoms. The van der Waals surface area contributed by atoms with E-state index in [0.29, 0.717) is 51.7 Å². The summed E-state index contributed by atoms with van der Waals surface area (Å²) in [5.74, 6) is 1.21. The van der Waals surface area contributed by atoms with Gasteiger partial charge in [-0.05, 0) is 38.5 Å². The van der Waals surface area contributed by atoms with E-state index in [2.05, 4.69) is 15.6 Å². The number of nitrogens with zero attached hydrogens (tertiary/aromatic N) is 4. The average Bonchev–Trinajstić information content (AvgIpc) is 3.49. The van der Waals surface area contributed by atoms with Crippen molar-refractivity contribution >= 4 is 32.6 Å². The number of methoxy groups -OCH3 is 1. The molecular weight excluding hydrogens is 458 g/mol. The number of fused-ring (bicyclic) bond motifs is 1. The zero-order valence-corrected chi connectivity index (χ0v) is 19.7. The van der Waals surface area contributed by atoms with Gasteiger partial charge in [-0.25, -0.2) is 18.1 Å². The van der Waals surface area contributed by atoms with Crippen LogP contribution in [0.1, 0.15) is 34.3 Å². The summed E-state index contributed by atoms with van der Waals surface area (Å²) in [6, 6.07) is 10.3. The van der Waals surface area contributed by atoms with Crippen molar-refractivity contribution in [3.63, 3.8) is 0 Å². The van der Waals surface area contributed by atoms with E-state index in [-0.39, 0.29) is 17.5 Å². The van der Waals surface area contributed by atoms with Crippen LogP contribution in [0.15, 0.2) is 40.9 Å².